The second-order valence-electron chi connectivity index (χ2n) is 4.25. The van der Waals surface area contributed by atoms with Gasteiger partial charge in [-0.2, -0.15) is 0 Å². The van der Waals surface area contributed by atoms with Gasteiger partial charge in [-0.3, -0.25) is 14.3 Å². The minimum absolute atomic E-state index is 0.0250. The maximum Gasteiger partial charge on any atom is 0.313 e. The standard InChI is InChI=1S/C13H18N2O5S2/c1-2-22(19,20)15-11-6-4-3-5-10(11)13(18)14-7-8-21-9-12(16)17/h3-6,15H,2,7-9H2,1H3,(H,14,18)(H,16,17). The molecular formula is C13H18N2O5S2. The van der Waals surface area contributed by atoms with Crippen molar-refractivity contribution >= 4 is 39.3 Å². The average Bonchev–Trinajstić information content (AvgIpc) is 2.46. The Bertz CT molecular complexity index is 631. The van der Waals surface area contributed by atoms with E-state index in [1.54, 1.807) is 12.1 Å². The molecule has 0 aromatic heterocycles. The molecule has 0 aliphatic heterocycles. The quantitative estimate of drug-likeness (QED) is 0.575. The van der Waals surface area contributed by atoms with Gasteiger partial charge in [0.1, 0.15) is 0 Å². The summed E-state index contributed by atoms with van der Waals surface area (Å²) in [6.07, 6.45) is 0. The number of anilines is 1. The molecule has 1 aromatic rings. The molecule has 122 valence electrons. The fraction of sp³-hybridized carbons (Fsp3) is 0.385. The molecule has 1 aromatic carbocycles. The van der Waals surface area contributed by atoms with Crippen molar-refractivity contribution in [3.63, 3.8) is 0 Å². The zero-order valence-electron chi connectivity index (χ0n) is 12.0. The van der Waals surface area contributed by atoms with Crippen LogP contribution in [-0.4, -0.2) is 49.2 Å². The molecular weight excluding hydrogens is 328 g/mol. The van der Waals surface area contributed by atoms with Gasteiger partial charge in [-0.1, -0.05) is 12.1 Å². The highest BCUT2D eigenvalue weighted by Crippen LogP contribution is 2.16. The molecule has 0 unspecified atom stereocenters. The van der Waals surface area contributed by atoms with Crippen LogP contribution in [0.4, 0.5) is 5.69 Å². The summed E-state index contributed by atoms with van der Waals surface area (Å²) in [6.45, 7) is 1.80. The zero-order chi connectivity index (χ0) is 16.6. The van der Waals surface area contributed by atoms with Crippen LogP contribution in [0.2, 0.25) is 0 Å². The Morgan fingerprint density at radius 3 is 2.59 bits per heavy atom. The molecule has 0 saturated heterocycles. The summed E-state index contributed by atoms with van der Waals surface area (Å²) in [4.78, 5) is 22.4. The van der Waals surface area contributed by atoms with Crippen LogP contribution in [0.1, 0.15) is 17.3 Å². The van der Waals surface area contributed by atoms with Gasteiger partial charge in [0.05, 0.1) is 22.8 Å². The highest BCUT2D eigenvalue weighted by Gasteiger charge is 2.14. The number of para-hydroxylation sites is 1. The van der Waals surface area contributed by atoms with Gasteiger partial charge in [0.25, 0.3) is 5.91 Å². The first-order chi connectivity index (χ1) is 10.4. The second kappa shape index (κ2) is 8.64. The van der Waals surface area contributed by atoms with Crippen LogP contribution >= 0.6 is 11.8 Å². The molecule has 3 N–H and O–H groups in total. The maximum absolute atomic E-state index is 12.1. The van der Waals surface area contributed by atoms with E-state index in [1.807, 2.05) is 0 Å². The first-order valence-corrected chi connectivity index (χ1v) is 9.33. The number of nitrogens with one attached hydrogen (secondary N) is 2. The maximum atomic E-state index is 12.1. The van der Waals surface area contributed by atoms with E-state index in [1.165, 1.54) is 30.8 Å². The first kappa shape index (κ1) is 18.3. The third-order valence-corrected chi connectivity index (χ3v) is 4.81. The minimum Gasteiger partial charge on any atom is -0.481 e. The Morgan fingerprint density at radius 1 is 1.27 bits per heavy atom. The highest BCUT2D eigenvalue weighted by atomic mass is 32.2. The van der Waals surface area contributed by atoms with Gasteiger partial charge in [-0.25, -0.2) is 8.42 Å². The van der Waals surface area contributed by atoms with Crippen molar-refractivity contribution in [1.82, 2.24) is 5.32 Å². The summed E-state index contributed by atoms with van der Waals surface area (Å²) in [7, 11) is -3.47. The van der Waals surface area contributed by atoms with Crippen LogP contribution in [-0.2, 0) is 14.8 Å². The van der Waals surface area contributed by atoms with Crippen molar-refractivity contribution < 1.29 is 23.1 Å². The lowest BCUT2D eigenvalue weighted by Crippen LogP contribution is -2.27. The fourth-order valence-corrected chi connectivity index (χ4v) is 2.72. The number of amides is 1. The molecule has 0 aliphatic rings. The number of carboxylic acids is 1. The molecule has 0 atom stereocenters. The van der Waals surface area contributed by atoms with Crippen LogP contribution in [0.15, 0.2) is 24.3 Å². The lowest BCUT2D eigenvalue weighted by atomic mass is 10.2. The summed E-state index contributed by atoms with van der Waals surface area (Å²) in [5.41, 5.74) is 0.447. The van der Waals surface area contributed by atoms with Crippen LogP contribution in [0.3, 0.4) is 0 Å². The fourth-order valence-electron chi connectivity index (χ4n) is 1.50. The molecule has 9 heteroatoms. The largest absolute Gasteiger partial charge is 0.481 e. The number of carbonyl (C=O) groups excluding carboxylic acids is 1. The van der Waals surface area contributed by atoms with E-state index in [9.17, 15) is 18.0 Å². The molecule has 0 radical (unpaired) electrons. The lowest BCUT2D eigenvalue weighted by molar-refractivity contribution is -0.133. The van der Waals surface area contributed by atoms with E-state index >= 15 is 0 Å². The Hall–Kier alpha value is -1.74. The summed E-state index contributed by atoms with van der Waals surface area (Å²) in [5, 5.41) is 11.1. The first-order valence-electron chi connectivity index (χ1n) is 6.53. The van der Waals surface area contributed by atoms with Gasteiger partial charge in [0, 0.05) is 12.3 Å². The van der Waals surface area contributed by atoms with Gasteiger partial charge in [-0.15, -0.1) is 11.8 Å². The smallest absolute Gasteiger partial charge is 0.313 e. The SMILES string of the molecule is CCS(=O)(=O)Nc1ccccc1C(=O)NCCSCC(=O)O. The number of hydrogen-bond donors (Lipinski definition) is 3. The molecule has 1 amide bonds. The third-order valence-electron chi connectivity index (χ3n) is 2.57. The number of carbonyl (C=O) groups is 2. The Morgan fingerprint density at radius 2 is 1.95 bits per heavy atom. The summed E-state index contributed by atoms with van der Waals surface area (Å²) < 4.78 is 25.6. The van der Waals surface area contributed by atoms with E-state index < -0.39 is 21.9 Å². The number of thioether (sulfide) groups is 1. The molecule has 0 fully saturated rings. The highest BCUT2D eigenvalue weighted by molar-refractivity contribution is 7.99. The van der Waals surface area contributed by atoms with Gasteiger partial charge in [0.15, 0.2) is 0 Å². The lowest BCUT2D eigenvalue weighted by Gasteiger charge is -2.11. The van der Waals surface area contributed by atoms with Gasteiger partial charge in [0.2, 0.25) is 10.0 Å². The van der Waals surface area contributed by atoms with Crippen molar-refractivity contribution in [2.24, 2.45) is 0 Å². The number of carboxylic acid groups (broad SMARTS) is 1. The number of sulfonamides is 1. The van der Waals surface area contributed by atoms with E-state index in [4.69, 9.17) is 5.11 Å². The monoisotopic (exact) mass is 346 g/mol. The molecule has 0 bridgehead atoms. The molecule has 0 saturated carbocycles. The van der Waals surface area contributed by atoms with Crippen molar-refractivity contribution in [3.8, 4) is 0 Å². The van der Waals surface area contributed by atoms with Crippen molar-refractivity contribution in [3.05, 3.63) is 29.8 Å². The number of benzene rings is 1. The summed E-state index contributed by atoms with van der Waals surface area (Å²) >= 11 is 1.19. The molecule has 1 rings (SSSR count). The van der Waals surface area contributed by atoms with Crippen molar-refractivity contribution in [2.75, 3.05) is 28.5 Å². The Kier molecular flexibility index (Phi) is 7.19. The zero-order valence-corrected chi connectivity index (χ0v) is 13.7. The van der Waals surface area contributed by atoms with Crippen LogP contribution < -0.4 is 10.0 Å². The molecule has 22 heavy (non-hydrogen) atoms. The van der Waals surface area contributed by atoms with E-state index in [-0.39, 0.29) is 22.8 Å². The van der Waals surface area contributed by atoms with E-state index in [2.05, 4.69) is 10.0 Å². The van der Waals surface area contributed by atoms with E-state index in [0.29, 0.717) is 12.3 Å². The predicted octanol–water partition coefficient (Wildman–Crippen LogP) is 0.996. The number of aliphatic carboxylic acids is 1. The second-order valence-corrected chi connectivity index (χ2v) is 7.37. The van der Waals surface area contributed by atoms with E-state index in [0.717, 1.165) is 0 Å². The van der Waals surface area contributed by atoms with Crippen molar-refractivity contribution in [1.29, 1.82) is 0 Å². The van der Waals surface area contributed by atoms with Gasteiger partial charge < -0.3 is 10.4 Å². The third kappa shape index (κ3) is 6.35. The molecule has 0 aliphatic carbocycles. The van der Waals surface area contributed by atoms with Gasteiger partial charge >= 0.3 is 5.97 Å². The summed E-state index contributed by atoms with van der Waals surface area (Å²) in [6, 6.07) is 6.30. The normalized spacial score (nSPS) is 11.0. The number of hydrogen-bond acceptors (Lipinski definition) is 5. The minimum atomic E-state index is -3.47. The van der Waals surface area contributed by atoms with Crippen LogP contribution in [0, 0.1) is 0 Å². The predicted molar refractivity (Wildman–Crippen MR) is 86.8 cm³/mol. The van der Waals surface area contributed by atoms with Crippen LogP contribution in [0.25, 0.3) is 0 Å². The Balaban J connectivity index is 2.64. The average molecular weight is 346 g/mol. The molecule has 7 nitrogen and oxygen atoms in total. The molecule has 0 heterocycles. The van der Waals surface area contributed by atoms with Crippen molar-refractivity contribution in [2.45, 2.75) is 6.92 Å². The van der Waals surface area contributed by atoms with Crippen LogP contribution in [0.5, 0.6) is 0 Å². The van der Waals surface area contributed by atoms with Gasteiger partial charge in [-0.05, 0) is 19.1 Å². The number of rotatable bonds is 9. The molecule has 0 spiro atoms. The Labute approximate surface area is 133 Å². The summed E-state index contributed by atoms with van der Waals surface area (Å²) in [5.74, 6) is -0.973. The topological polar surface area (TPSA) is 113 Å².